The van der Waals surface area contributed by atoms with Gasteiger partial charge in [-0.05, 0) is 56.8 Å². The predicted molar refractivity (Wildman–Crippen MR) is 108 cm³/mol. The van der Waals surface area contributed by atoms with Crippen molar-refractivity contribution in [1.29, 1.82) is 0 Å². The largest absolute Gasteiger partial charge is 0.317 e. The molecule has 4 amide bonds. The minimum atomic E-state index is -0.921. The van der Waals surface area contributed by atoms with E-state index in [1.807, 2.05) is 19.2 Å². The van der Waals surface area contributed by atoms with Crippen LogP contribution in [0.5, 0.6) is 0 Å². The van der Waals surface area contributed by atoms with Gasteiger partial charge in [-0.25, -0.2) is 0 Å². The van der Waals surface area contributed by atoms with Gasteiger partial charge in [-0.15, -0.1) is 0 Å². The van der Waals surface area contributed by atoms with E-state index in [9.17, 15) is 19.2 Å². The number of piperidine rings is 2. The third kappa shape index (κ3) is 3.06. The van der Waals surface area contributed by atoms with Gasteiger partial charge in [0.15, 0.2) is 0 Å². The van der Waals surface area contributed by atoms with Gasteiger partial charge in [-0.2, -0.15) is 0 Å². The first-order chi connectivity index (χ1) is 14.5. The smallest absolute Gasteiger partial charge is 0.262 e. The summed E-state index contributed by atoms with van der Waals surface area (Å²) in [5, 5.41) is 5.64. The number of nitrogens with zero attached hydrogens (tertiary/aromatic N) is 2. The topological polar surface area (TPSA) is 98.8 Å². The maximum absolute atomic E-state index is 13.0. The number of carbonyl (C=O) groups is 4. The van der Waals surface area contributed by atoms with E-state index in [2.05, 4.69) is 15.5 Å². The van der Waals surface area contributed by atoms with E-state index < -0.39 is 23.8 Å². The van der Waals surface area contributed by atoms with Crippen molar-refractivity contribution < 1.29 is 19.2 Å². The Hall–Kier alpha value is -2.58. The van der Waals surface area contributed by atoms with E-state index in [1.165, 1.54) is 12.8 Å². The molecule has 3 atom stereocenters. The van der Waals surface area contributed by atoms with Gasteiger partial charge in [0.1, 0.15) is 6.04 Å². The lowest BCUT2D eigenvalue weighted by Gasteiger charge is -2.39. The van der Waals surface area contributed by atoms with Crippen molar-refractivity contribution in [3.8, 4) is 0 Å². The molecule has 0 aromatic heterocycles. The lowest BCUT2D eigenvalue weighted by molar-refractivity contribution is -0.136. The Balaban J connectivity index is 1.35. The Morgan fingerprint density at radius 2 is 1.70 bits per heavy atom. The van der Waals surface area contributed by atoms with Crippen molar-refractivity contribution >= 4 is 23.6 Å². The van der Waals surface area contributed by atoms with Crippen LogP contribution >= 0.6 is 0 Å². The number of imide groups is 2. The van der Waals surface area contributed by atoms with Gasteiger partial charge < -0.3 is 5.32 Å². The number of carbonyl (C=O) groups excluding carboxylic acids is 4. The van der Waals surface area contributed by atoms with E-state index in [-0.39, 0.29) is 18.7 Å². The molecule has 0 saturated carbocycles. The van der Waals surface area contributed by atoms with Gasteiger partial charge >= 0.3 is 0 Å². The molecule has 3 fully saturated rings. The quantitative estimate of drug-likeness (QED) is 0.713. The monoisotopic (exact) mass is 410 g/mol. The molecule has 0 aliphatic carbocycles. The third-order valence-corrected chi connectivity index (χ3v) is 7.16. The molecule has 0 radical (unpaired) electrons. The summed E-state index contributed by atoms with van der Waals surface area (Å²) < 4.78 is 0. The number of hydrogen-bond donors (Lipinski definition) is 2. The molecule has 8 heteroatoms. The zero-order valence-corrected chi connectivity index (χ0v) is 17.0. The van der Waals surface area contributed by atoms with Crippen molar-refractivity contribution in [3.05, 3.63) is 34.9 Å². The fraction of sp³-hybridized carbons (Fsp3) is 0.545. The van der Waals surface area contributed by atoms with Crippen LogP contribution in [-0.2, 0) is 16.1 Å². The number of fused-ring (bicyclic) bond motifs is 3. The second kappa shape index (κ2) is 7.28. The van der Waals surface area contributed by atoms with Gasteiger partial charge in [-0.1, -0.05) is 6.07 Å². The molecule has 2 bridgehead atoms. The minimum absolute atomic E-state index is 0.125. The standard InChI is InChI=1S/C22H26N4O4/c1-23-13-9-14-3-4-15(10-13)25(14)11-12-2-5-16-17(8-12)22(30)26(21(16)29)18-6-7-19(27)24-20(18)28/h2,5,8,13-15,18,23H,3-4,6-7,9-11H2,1H3,(H,24,27,28). The maximum Gasteiger partial charge on any atom is 0.262 e. The molecule has 1 aromatic rings. The van der Waals surface area contributed by atoms with Gasteiger partial charge in [0, 0.05) is 31.1 Å². The fourth-order valence-corrected chi connectivity index (χ4v) is 5.60. The van der Waals surface area contributed by atoms with Crippen LogP contribution in [-0.4, -0.2) is 64.6 Å². The fourth-order valence-electron chi connectivity index (χ4n) is 5.60. The zero-order valence-electron chi connectivity index (χ0n) is 17.0. The van der Waals surface area contributed by atoms with Crippen molar-refractivity contribution in [2.24, 2.45) is 0 Å². The highest BCUT2D eigenvalue weighted by molar-refractivity contribution is 6.23. The summed E-state index contributed by atoms with van der Waals surface area (Å²) >= 11 is 0. The van der Waals surface area contributed by atoms with Crippen molar-refractivity contribution in [3.63, 3.8) is 0 Å². The molecule has 30 heavy (non-hydrogen) atoms. The molecule has 158 valence electrons. The average molecular weight is 410 g/mol. The van der Waals surface area contributed by atoms with Crippen LogP contribution in [0.1, 0.15) is 64.8 Å². The van der Waals surface area contributed by atoms with Crippen LogP contribution in [0.25, 0.3) is 0 Å². The molecule has 5 rings (SSSR count). The van der Waals surface area contributed by atoms with Crippen LogP contribution in [0.4, 0.5) is 0 Å². The molecule has 3 unspecified atom stereocenters. The number of hydrogen-bond acceptors (Lipinski definition) is 6. The van der Waals surface area contributed by atoms with Crippen molar-refractivity contribution in [1.82, 2.24) is 20.4 Å². The van der Waals surface area contributed by atoms with Crippen LogP contribution in [0.15, 0.2) is 18.2 Å². The molecule has 0 spiro atoms. The van der Waals surface area contributed by atoms with Gasteiger partial charge in [0.05, 0.1) is 11.1 Å². The van der Waals surface area contributed by atoms with Crippen LogP contribution < -0.4 is 10.6 Å². The van der Waals surface area contributed by atoms with E-state index >= 15 is 0 Å². The highest BCUT2D eigenvalue weighted by Crippen LogP contribution is 2.37. The average Bonchev–Trinajstić information content (AvgIpc) is 3.10. The highest BCUT2D eigenvalue weighted by atomic mass is 16.2. The molecular weight excluding hydrogens is 384 g/mol. The Kier molecular flexibility index (Phi) is 4.71. The predicted octanol–water partition coefficient (Wildman–Crippen LogP) is 0.803. The van der Waals surface area contributed by atoms with Gasteiger partial charge in [-0.3, -0.25) is 34.3 Å². The van der Waals surface area contributed by atoms with Crippen molar-refractivity contribution in [2.45, 2.75) is 69.2 Å². The van der Waals surface area contributed by atoms with E-state index in [0.717, 1.165) is 29.8 Å². The summed E-state index contributed by atoms with van der Waals surface area (Å²) in [6, 6.07) is 6.18. The first kappa shape index (κ1) is 19.4. The van der Waals surface area contributed by atoms with Crippen LogP contribution in [0.3, 0.4) is 0 Å². The first-order valence-corrected chi connectivity index (χ1v) is 10.7. The molecule has 1 aromatic carbocycles. The number of nitrogens with one attached hydrogen (secondary N) is 2. The minimum Gasteiger partial charge on any atom is -0.317 e. The SMILES string of the molecule is CNC1CC2CCC(C1)N2Cc1ccc2c(c1)C(=O)N(C1CCC(=O)NC1=O)C2=O. The summed E-state index contributed by atoms with van der Waals surface area (Å²) in [5.74, 6) is -1.84. The lowest BCUT2D eigenvalue weighted by Crippen LogP contribution is -2.54. The van der Waals surface area contributed by atoms with E-state index in [0.29, 0.717) is 29.3 Å². The summed E-state index contributed by atoms with van der Waals surface area (Å²) in [6.07, 6.45) is 4.98. The van der Waals surface area contributed by atoms with Gasteiger partial charge in [0.2, 0.25) is 11.8 Å². The Bertz CT molecular complexity index is 931. The number of rotatable bonds is 4. The lowest BCUT2D eigenvalue weighted by atomic mass is 9.96. The second-order valence-electron chi connectivity index (χ2n) is 8.84. The Labute approximate surface area is 175 Å². The summed E-state index contributed by atoms with van der Waals surface area (Å²) in [7, 11) is 2.02. The van der Waals surface area contributed by atoms with Crippen LogP contribution in [0, 0.1) is 0 Å². The Morgan fingerprint density at radius 3 is 2.37 bits per heavy atom. The molecule has 2 N–H and O–H groups in total. The number of benzene rings is 1. The highest BCUT2D eigenvalue weighted by Gasteiger charge is 2.45. The first-order valence-electron chi connectivity index (χ1n) is 10.7. The summed E-state index contributed by atoms with van der Waals surface area (Å²) in [6.45, 7) is 0.763. The van der Waals surface area contributed by atoms with Crippen molar-refractivity contribution in [2.75, 3.05) is 7.05 Å². The second-order valence-corrected chi connectivity index (χ2v) is 8.84. The molecule has 8 nitrogen and oxygen atoms in total. The summed E-state index contributed by atoms with van der Waals surface area (Å²) in [4.78, 5) is 53.0. The van der Waals surface area contributed by atoms with E-state index in [4.69, 9.17) is 0 Å². The molecule has 4 heterocycles. The molecule has 4 aliphatic rings. The maximum atomic E-state index is 13.0. The molecule has 3 saturated heterocycles. The van der Waals surface area contributed by atoms with E-state index in [1.54, 1.807) is 6.07 Å². The third-order valence-electron chi connectivity index (χ3n) is 7.16. The number of amides is 4. The normalized spacial score (nSPS) is 31.3. The summed E-state index contributed by atoms with van der Waals surface area (Å²) in [5.41, 5.74) is 1.71. The van der Waals surface area contributed by atoms with Crippen LogP contribution in [0.2, 0.25) is 0 Å². The van der Waals surface area contributed by atoms with Gasteiger partial charge in [0.25, 0.3) is 11.8 Å². The Morgan fingerprint density at radius 1 is 1.00 bits per heavy atom. The molecular formula is C22H26N4O4. The zero-order chi connectivity index (χ0) is 21.0. The molecule has 4 aliphatic heterocycles.